The maximum Gasteiger partial charge on any atom is 0.335 e. The summed E-state index contributed by atoms with van der Waals surface area (Å²) in [7, 11) is 0. The van der Waals surface area contributed by atoms with E-state index in [2.05, 4.69) is 50.0 Å². The van der Waals surface area contributed by atoms with E-state index < -0.39 is 17.8 Å². The predicted molar refractivity (Wildman–Crippen MR) is 136 cm³/mol. The van der Waals surface area contributed by atoms with Gasteiger partial charge in [0.15, 0.2) is 0 Å². The van der Waals surface area contributed by atoms with Crippen molar-refractivity contribution in [2.75, 3.05) is 16.3 Å². The van der Waals surface area contributed by atoms with Gasteiger partial charge in [-0.15, -0.1) is 0 Å². The Hall–Kier alpha value is -3.41. The first-order valence-corrected chi connectivity index (χ1v) is 12.0. The smallest absolute Gasteiger partial charge is 0.335 e. The lowest BCUT2D eigenvalue weighted by Crippen LogP contribution is -2.54. The normalized spacial score (nSPS) is 21.1. The van der Waals surface area contributed by atoms with Gasteiger partial charge in [-0.25, -0.2) is 9.69 Å². The van der Waals surface area contributed by atoms with Crippen molar-refractivity contribution in [1.82, 2.24) is 5.32 Å². The molecule has 2 aliphatic heterocycles. The summed E-state index contributed by atoms with van der Waals surface area (Å²) in [6.07, 6.45) is 3.30. The molecule has 4 rings (SSSR count). The summed E-state index contributed by atoms with van der Waals surface area (Å²) in [4.78, 5) is 42.3. The third-order valence-corrected chi connectivity index (χ3v) is 7.10. The molecule has 34 heavy (non-hydrogen) atoms. The van der Waals surface area contributed by atoms with Crippen LogP contribution >= 0.6 is 0 Å². The van der Waals surface area contributed by atoms with Gasteiger partial charge in [-0.2, -0.15) is 0 Å². The zero-order valence-electron chi connectivity index (χ0n) is 20.9. The minimum Gasteiger partial charge on any atom is -0.366 e. The fourth-order valence-corrected chi connectivity index (χ4v) is 5.46. The number of anilines is 2. The van der Waals surface area contributed by atoms with Crippen LogP contribution < -0.4 is 15.1 Å². The lowest BCUT2D eigenvalue weighted by atomic mass is 9.79. The molecule has 0 unspecified atom stereocenters. The maximum atomic E-state index is 13.4. The topological polar surface area (TPSA) is 69.7 Å². The van der Waals surface area contributed by atoms with Crippen LogP contribution in [0.2, 0.25) is 0 Å². The van der Waals surface area contributed by atoms with Crippen LogP contribution in [0.3, 0.4) is 0 Å². The largest absolute Gasteiger partial charge is 0.366 e. The summed E-state index contributed by atoms with van der Waals surface area (Å²) < 4.78 is 0. The standard InChI is InChI=1S/C28H33N3O3/c1-7-19-11-9-10-12-23(19)31-26(33)22(25(32)29-27(31)34)15-20-14-21-18(4)16-28(5,6)30(8-2)24(21)13-17(20)3/h9-15,18H,7-8,16H2,1-6H3,(H,29,32,34)/b22-15+/t18-/m1/s1. The van der Waals surface area contributed by atoms with E-state index in [4.69, 9.17) is 0 Å². The van der Waals surface area contributed by atoms with E-state index >= 15 is 0 Å². The molecular formula is C28H33N3O3. The number of nitrogens with one attached hydrogen (secondary N) is 1. The monoisotopic (exact) mass is 459 g/mol. The summed E-state index contributed by atoms with van der Waals surface area (Å²) >= 11 is 0. The second-order valence-electron chi connectivity index (χ2n) is 9.87. The highest BCUT2D eigenvalue weighted by Crippen LogP contribution is 2.44. The molecular weight excluding hydrogens is 426 g/mol. The highest BCUT2D eigenvalue weighted by molar-refractivity contribution is 6.39. The Morgan fingerprint density at radius 1 is 1.09 bits per heavy atom. The molecule has 2 aromatic carbocycles. The van der Waals surface area contributed by atoms with Gasteiger partial charge in [0.2, 0.25) is 0 Å². The molecule has 1 atom stereocenters. The lowest BCUT2D eigenvalue weighted by Gasteiger charge is -2.47. The Balaban J connectivity index is 1.79. The van der Waals surface area contributed by atoms with E-state index in [0.717, 1.165) is 34.6 Å². The quantitative estimate of drug-likeness (QED) is 0.495. The van der Waals surface area contributed by atoms with Crippen LogP contribution in [0.4, 0.5) is 16.2 Å². The van der Waals surface area contributed by atoms with E-state index in [0.29, 0.717) is 18.0 Å². The molecule has 2 aliphatic rings. The predicted octanol–water partition coefficient (Wildman–Crippen LogP) is 5.34. The van der Waals surface area contributed by atoms with Crippen LogP contribution in [0.1, 0.15) is 69.2 Å². The van der Waals surface area contributed by atoms with Crippen molar-refractivity contribution in [3.8, 4) is 0 Å². The number of rotatable bonds is 4. The van der Waals surface area contributed by atoms with Crippen molar-refractivity contribution < 1.29 is 14.4 Å². The molecule has 6 nitrogen and oxygen atoms in total. The van der Waals surface area contributed by atoms with Gasteiger partial charge in [0.05, 0.1) is 5.69 Å². The van der Waals surface area contributed by atoms with Crippen LogP contribution in [0.25, 0.3) is 6.08 Å². The fourth-order valence-electron chi connectivity index (χ4n) is 5.46. The zero-order valence-corrected chi connectivity index (χ0v) is 20.9. The van der Waals surface area contributed by atoms with Crippen LogP contribution in [0.15, 0.2) is 42.0 Å². The molecule has 2 heterocycles. The average Bonchev–Trinajstić information content (AvgIpc) is 2.77. The Morgan fingerprint density at radius 2 is 1.79 bits per heavy atom. The van der Waals surface area contributed by atoms with E-state index in [9.17, 15) is 14.4 Å². The molecule has 6 heteroatoms. The van der Waals surface area contributed by atoms with Gasteiger partial charge < -0.3 is 4.90 Å². The second-order valence-corrected chi connectivity index (χ2v) is 9.87. The molecule has 0 aromatic heterocycles. The van der Waals surface area contributed by atoms with Crippen LogP contribution in [0, 0.1) is 6.92 Å². The van der Waals surface area contributed by atoms with Crippen LogP contribution in [-0.2, 0) is 16.0 Å². The Labute approximate surface area is 201 Å². The molecule has 0 spiro atoms. The third-order valence-electron chi connectivity index (χ3n) is 7.10. The molecule has 0 bridgehead atoms. The number of aryl methyl sites for hydroxylation is 2. The number of urea groups is 1. The van der Waals surface area contributed by atoms with Crippen molar-refractivity contribution in [2.45, 2.75) is 65.8 Å². The number of carbonyl (C=O) groups excluding carboxylic acids is 3. The molecule has 1 N–H and O–H groups in total. The fraction of sp³-hybridized carbons (Fsp3) is 0.393. The van der Waals surface area contributed by atoms with Gasteiger partial charge in [0.25, 0.3) is 11.8 Å². The first kappa shape index (κ1) is 23.7. The lowest BCUT2D eigenvalue weighted by molar-refractivity contribution is -0.122. The van der Waals surface area contributed by atoms with Crippen molar-refractivity contribution in [2.24, 2.45) is 0 Å². The SMILES string of the molecule is CCc1ccccc1N1C(=O)NC(=O)/C(=C\c2cc3c(cc2C)N(CC)C(C)(C)C[C@H]3C)C1=O. The van der Waals surface area contributed by atoms with E-state index in [1.54, 1.807) is 18.2 Å². The minimum absolute atomic E-state index is 0.0373. The number of amides is 4. The molecule has 0 saturated carbocycles. The number of hydrogen-bond donors (Lipinski definition) is 1. The highest BCUT2D eigenvalue weighted by Gasteiger charge is 2.39. The Kier molecular flexibility index (Phi) is 6.11. The molecule has 4 amide bonds. The Morgan fingerprint density at radius 3 is 2.47 bits per heavy atom. The highest BCUT2D eigenvalue weighted by atomic mass is 16.2. The number of benzene rings is 2. The van der Waals surface area contributed by atoms with Crippen LogP contribution in [0.5, 0.6) is 0 Å². The summed E-state index contributed by atoms with van der Waals surface area (Å²) in [5.41, 5.74) is 5.60. The molecule has 0 radical (unpaired) electrons. The van der Waals surface area contributed by atoms with Crippen molar-refractivity contribution >= 4 is 35.3 Å². The molecule has 1 fully saturated rings. The maximum absolute atomic E-state index is 13.4. The van der Waals surface area contributed by atoms with Crippen LogP contribution in [-0.4, -0.2) is 29.9 Å². The summed E-state index contributed by atoms with van der Waals surface area (Å²) in [5.74, 6) is -0.922. The van der Waals surface area contributed by atoms with E-state index in [-0.39, 0.29) is 11.1 Å². The minimum atomic E-state index is -0.718. The molecule has 2 aromatic rings. The number of fused-ring (bicyclic) bond motifs is 1. The molecule has 1 saturated heterocycles. The third kappa shape index (κ3) is 3.91. The number of barbiturate groups is 1. The van der Waals surface area contributed by atoms with Crippen molar-refractivity contribution in [3.05, 3.63) is 64.2 Å². The molecule has 0 aliphatic carbocycles. The van der Waals surface area contributed by atoms with Gasteiger partial charge in [-0.1, -0.05) is 32.0 Å². The first-order chi connectivity index (χ1) is 16.1. The van der Waals surface area contributed by atoms with Gasteiger partial charge in [-0.3, -0.25) is 14.9 Å². The summed E-state index contributed by atoms with van der Waals surface area (Å²) in [5, 5.41) is 2.35. The van der Waals surface area contributed by atoms with Gasteiger partial charge in [0, 0.05) is 17.8 Å². The van der Waals surface area contributed by atoms with Crippen molar-refractivity contribution in [3.63, 3.8) is 0 Å². The zero-order chi connectivity index (χ0) is 24.8. The first-order valence-electron chi connectivity index (χ1n) is 12.0. The number of carbonyl (C=O) groups is 3. The number of hydrogen-bond acceptors (Lipinski definition) is 4. The number of para-hydroxylation sites is 1. The average molecular weight is 460 g/mol. The van der Waals surface area contributed by atoms with Gasteiger partial charge >= 0.3 is 6.03 Å². The van der Waals surface area contributed by atoms with E-state index in [1.165, 1.54) is 11.3 Å². The van der Waals surface area contributed by atoms with Gasteiger partial charge in [-0.05, 0) is 93.0 Å². The summed E-state index contributed by atoms with van der Waals surface area (Å²) in [6.45, 7) is 13.8. The Bertz CT molecular complexity index is 1210. The molecule has 178 valence electrons. The second kappa shape index (κ2) is 8.75. The summed E-state index contributed by atoms with van der Waals surface area (Å²) in [6, 6.07) is 10.8. The van der Waals surface area contributed by atoms with Crippen molar-refractivity contribution in [1.29, 1.82) is 0 Å². The number of imide groups is 2. The van der Waals surface area contributed by atoms with Gasteiger partial charge in [0.1, 0.15) is 5.57 Å². The number of nitrogens with zero attached hydrogens (tertiary/aromatic N) is 2. The van der Waals surface area contributed by atoms with E-state index in [1.807, 2.05) is 26.0 Å².